The lowest BCUT2D eigenvalue weighted by Gasteiger charge is -2.36. The van der Waals surface area contributed by atoms with Crippen LogP contribution >= 0.6 is 11.6 Å². The Morgan fingerprint density at radius 2 is 1.82 bits per heavy atom. The number of ketones is 1. The molecule has 0 atom stereocenters. The molecule has 0 unspecified atom stereocenters. The summed E-state index contributed by atoms with van der Waals surface area (Å²) >= 11 is 6.14. The van der Waals surface area contributed by atoms with E-state index in [0.29, 0.717) is 16.3 Å². The van der Waals surface area contributed by atoms with E-state index >= 15 is 0 Å². The van der Waals surface area contributed by atoms with E-state index in [2.05, 4.69) is 21.4 Å². The first-order valence-corrected chi connectivity index (χ1v) is 11.1. The SMILES string of the molecule is CCN1CCN(c2ccc(Cl)cc2NS(=O)(=O)c2cccc(C(C)=O)c2)CC1. The van der Waals surface area contributed by atoms with E-state index in [9.17, 15) is 13.2 Å². The van der Waals surface area contributed by atoms with Crippen LogP contribution in [0.25, 0.3) is 0 Å². The molecule has 8 heteroatoms. The van der Waals surface area contributed by atoms with E-state index in [1.807, 2.05) is 6.07 Å². The Hall–Kier alpha value is -2.09. The van der Waals surface area contributed by atoms with E-state index in [0.717, 1.165) is 38.4 Å². The number of hydrogen-bond donors (Lipinski definition) is 1. The van der Waals surface area contributed by atoms with Crippen molar-refractivity contribution in [2.24, 2.45) is 0 Å². The average molecular weight is 422 g/mol. The standard InChI is InChI=1S/C20H24ClN3O3S/c1-3-23-9-11-24(12-10-23)20-8-7-17(21)14-19(20)22-28(26,27)18-6-4-5-16(13-18)15(2)25/h4-8,13-14,22H,3,9-12H2,1-2H3. The highest BCUT2D eigenvalue weighted by atomic mass is 35.5. The van der Waals surface area contributed by atoms with Crippen molar-refractivity contribution in [3.8, 4) is 0 Å². The van der Waals surface area contributed by atoms with Crippen molar-refractivity contribution in [3.05, 3.63) is 53.1 Å². The van der Waals surface area contributed by atoms with Crippen LogP contribution in [0.4, 0.5) is 11.4 Å². The number of carbonyl (C=O) groups is 1. The number of anilines is 2. The van der Waals surface area contributed by atoms with Crippen LogP contribution < -0.4 is 9.62 Å². The summed E-state index contributed by atoms with van der Waals surface area (Å²) in [6.45, 7) is 8.00. The third kappa shape index (κ3) is 4.66. The Kier molecular flexibility index (Phi) is 6.27. The molecule has 1 fully saturated rings. The maximum atomic E-state index is 12.9. The van der Waals surface area contributed by atoms with Crippen LogP contribution in [0.15, 0.2) is 47.4 Å². The number of rotatable bonds is 6. The maximum Gasteiger partial charge on any atom is 0.261 e. The molecule has 0 radical (unpaired) electrons. The molecule has 0 spiro atoms. The van der Waals surface area contributed by atoms with E-state index in [1.54, 1.807) is 24.3 Å². The maximum absolute atomic E-state index is 12.9. The van der Waals surface area contributed by atoms with Crippen molar-refractivity contribution in [1.29, 1.82) is 0 Å². The number of sulfonamides is 1. The van der Waals surface area contributed by atoms with Gasteiger partial charge in [-0.2, -0.15) is 0 Å². The Labute approximate surface area is 171 Å². The first-order chi connectivity index (χ1) is 13.3. The molecule has 0 amide bonds. The summed E-state index contributed by atoms with van der Waals surface area (Å²) in [6, 6.07) is 11.2. The Morgan fingerprint density at radius 1 is 1.11 bits per heavy atom. The topological polar surface area (TPSA) is 69.7 Å². The summed E-state index contributed by atoms with van der Waals surface area (Å²) in [5.41, 5.74) is 1.59. The van der Waals surface area contributed by atoms with Crippen LogP contribution in [0.3, 0.4) is 0 Å². The normalized spacial score (nSPS) is 15.5. The second-order valence-corrected chi connectivity index (χ2v) is 8.89. The van der Waals surface area contributed by atoms with Gasteiger partial charge in [0.05, 0.1) is 16.3 Å². The van der Waals surface area contributed by atoms with Crippen LogP contribution in [0.5, 0.6) is 0 Å². The van der Waals surface area contributed by atoms with Gasteiger partial charge in [0.2, 0.25) is 0 Å². The highest BCUT2D eigenvalue weighted by Gasteiger charge is 2.22. The monoisotopic (exact) mass is 421 g/mol. The number of benzene rings is 2. The Morgan fingerprint density at radius 3 is 2.46 bits per heavy atom. The Bertz CT molecular complexity index is 970. The molecular weight excluding hydrogens is 398 g/mol. The molecule has 2 aromatic rings. The zero-order chi connectivity index (χ0) is 20.3. The second kappa shape index (κ2) is 8.51. The number of nitrogens with zero attached hydrogens (tertiary/aromatic N) is 2. The first-order valence-electron chi connectivity index (χ1n) is 9.21. The quantitative estimate of drug-likeness (QED) is 0.723. The number of carbonyl (C=O) groups excluding carboxylic acids is 1. The molecule has 0 saturated carbocycles. The first kappa shape index (κ1) is 20.6. The largest absolute Gasteiger partial charge is 0.367 e. The molecule has 28 heavy (non-hydrogen) atoms. The van der Waals surface area contributed by atoms with E-state index in [1.165, 1.54) is 19.1 Å². The molecule has 1 heterocycles. The third-order valence-electron chi connectivity index (χ3n) is 4.91. The van der Waals surface area contributed by atoms with Gasteiger partial charge >= 0.3 is 0 Å². The summed E-state index contributed by atoms with van der Waals surface area (Å²) in [6.07, 6.45) is 0. The van der Waals surface area contributed by atoms with Crippen molar-refractivity contribution in [1.82, 2.24) is 4.90 Å². The highest BCUT2D eigenvalue weighted by molar-refractivity contribution is 7.92. The summed E-state index contributed by atoms with van der Waals surface area (Å²) < 4.78 is 28.5. The number of nitrogens with one attached hydrogen (secondary N) is 1. The summed E-state index contributed by atoms with van der Waals surface area (Å²) in [5.74, 6) is -0.186. The molecule has 0 aromatic heterocycles. The minimum absolute atomic E-state index is 0.0435. The van der Waals surface area contributed by atoms with Gasteiger partial charge in [0.25, 0.3) is 10.0 Å². The number of Topliss-reactive ketones (excluding diaryl/α,β-unsaturated/α-hetero) is 1. The molecule has 1 N–H and O–H groups in total. The third-order valence-corrected chi connectivity index (χ3v) is 6.51. The highest BCUT2D eigenvalue weighted by Crippen LogP contribution is 2.32. The minimum Gasteiger partial charge on any atom is -0.367 e. The summed E-state index contributed by atoms with van der Waals surface area (Å²) in [4.78, 5) is 16.1. The number of halogens is 1. The lowest BCUT2D eigenvalue weighted by Crippen LogP contribution is -2.46. The summed E-state index contributed by atoms with van der Waals surface area (Å²) in [7, 11) is -3.86. The molecule has 150 valence electrons. The Balaban J connectivity index is 1.90. The zero-order valence-electron chi connectivity index (χ0n) is 16.0. The van der Waals surface area contributed by atoms with E-state index in [4.69, 9.17) is 11.6 Å². The fraction of sp³-hybridized carbons (Fsp3) is 0.350. The fourth-order valence-electron chi connectivity index (χ4n) is 3.26. The van der Waals surface area contributed by atoms with Crippen LogP contribution in [-0.2, 0) is 10.0 Å². The number of piperazine rings is 1. The molecule has 1 aliphatic heterocycles. The van der Waals surface area contributed by atoms with Gasteiger partial charge in [-0.25, -0.2) is 8.42 Å². The molecule has 1 saturated heterocycles. The fourth-order valence-corrected chi connectivity index (χ4v) is 4.54. The van der Waals surface area contributed by atoms with Gasteiger partial charge in [-0.1, -0.05) is 30.7 Å². The number of hydrogen-bond acceptors (Lipinski definition) is 5. The van der Waals surface area contributed by atoms with Gasteiger partial charge < -0.3 is 9.80 Å². The van der Waals surface area contributed by atoms with Crippen LogP contribution in [-0.4, -0.2) is 51.8 Å². The number of likely N-dealkylation sites (N-methyl/N-ethyl adjacent to an activating group) is 1. The lowest BCUT2D eigenvalue weighted by molar-refractivity contribution is 0.101. The minimum atomic E-state index is -3.86. The predicted molar refractivity (Wildman–Crippen MR) is 113 cm³/mol. The van der Waals surface area contributed by atoms with Gasteiger partial charge in [0.1, 0.15) is 0 Å². The van der Waals surface area contributed by atoms with Crippen molar-refractivity contribution in [3.63, 3.8) is 0 Å². The van der Waals surface area contributed by atoms with Crippen LogP contribution in [0, 0.1) is 0 Å². The molecule has 6 nitrogen and oxygen atoms in total. The predicted octanol–water partition coefficient (Wildman–Crippen LogP) is 3.49. The molecular formula is C20H24ClN3O3S. The van der Waals surface area contributed by atoms with Crippen molar-refractivity contribution in [2.75, 3.05) is 42.3 Å². The molecule has 0 aliphatic carbocycles. The average Bonchev–Trinajstić information content (AvgIpc) is 2.68. The second-order valence-electron chi connectivity index (χ2n) is 6.77. The molecule has 0 bridgehead atoms. The van der Waals surface area contributed by atoms with Gasteiger partial charge in [-0.3, -0.25) is 9.52 Å². The zero-order valence-corrected chi connectivity index (χ0v) is 17.6. The van der Waals surface area contributed by atoms with E-state index in [-0.39, 0.29) is 10.7 Å². The molecule has 2 aromatic carbocycles. The lowest BCUT2D eigenvalue weighted by atomic mass is 10.2. The van der Waals surface area contributed by atoms with E-state index < -0.39 is 10.0 Å². The van der Waals surface area contributed by atoms with Crippen LogP contribution in [0.2, 0.25) is 5.02 Å². The van der Waals surface area contributed by atoms with Gasteiger partial charge in [-0.15, -0.1) is 0 Å². The van der Waals surface area contributed by atoms with Crippen molar-refractivity contribution in [2.45, 2.75) is 18.7 Å². The van der Waals surface area contributed by atoms with Crippen molar-refractivity contribution < 1.29 is 13.2 Å². The summed E-state index contributed by atoms with van der Waals surface area (Å²) in [5, 5.41) is 0.450. The van der Waals surface area contributed by atoms with Crippen LogP contribution in [0.1, 0.15) is 24.2 Å². The van der Waals surface area contributed by atoms with Gasteiger partial charge in [0, 0.05) is 36.8 Å². The van der Waals surface area contributed by atoms with Gasteiger partial charge in [-0.05, 0) is 43.8 Å². The smallest absolute Gasteiger partial charge is 0.261 e. The molecule has 1 aliphatic rings. The molecule has 3 rings (SSSR count). The van der Waals surface area contributed by atoms with Crippen molar-refractivity contribution >= 4 is 38.8 Å². The van der Waals surface area contributed by atoms with Gasteiger partial charge in [0.15, 0.2) is 5.78 Å².